The molecule has 0 radical (unpaired) electrons. The molecule has 0 aromatic carbocycles. The van der Waals surface area contributed by atoms with E-state index in [2.05, 4.69) is 0 Å². The number of carbonyl (C=O) groups is 2. The van der Waals surface area contributed by atoms with Crippen LogP contribution < -0.4 is 0 Å². The van der Waals surface area contributed by atoms with Crippen LogP contribution >= 0.6 is 0 Å². The Morgan fingerprint density at radius 2 is 2.06 bits per heavy atom. The standard InChI is InChI=1S/C12H17NO4/c1-12(2,3)17-10(14)8-13(4)11(15)9-6-5-7-16-9/h5-7H,8H2,1-4H3. The van der Waals surface area contributed by atoms with Crippen molar-refractivity contribution in [3.8, 4) is 0 Å². The summed E-state index contributed by atoms with van der Waals surface area (Å²) in [7, 11) is 1.52. The zero-order chi connectivity index (χ0) is 13.1. The Morgan fingerprint density at radius 1 is 1.41 bits per heavy atom. The van der Waals surface area contributed by atoms with Crippen LogP contribution in [-0.2, 0) is 9.53 Å². The summed E-state index contributed by atoms with van der Waals surface area (Å²) < 4.78 is 10.1. The Balaban J connectivity index is 2.52. The normalized spacial score (nSPS) is 11.1. The highest BCUT2D eigenvalue weighted by atomic mass is 16.6. The fraction of sp³-hybridized carbons (Fsp3) is 0.500. The van der Waals surface area contributed by atoms with Crippen molar-refractivity contribution in [1.82, 2.24) is 4.90 Å². The van der Waals surface area contributed by atoms with Gasteiger partial charge in [-0.05, 0) is 32.9 Å². The number of ether oxygens (including phenoxy) is 1. The predicted molar refractivity (Wildman–Crippen MR) is 61.5 cm³/mol. The third-order valence-corrected chi connectivity index (χ3v) is 1.86. The number of hydrogen-bond donors (Lipinski definition) is 0. The third-order valence-electron chi connectivity index (χ3n) is 1.86. The first-order valence-electron chi connectivity index (χ1n) is 5.30. The zero-order valence-corrected chi connectivity index (χ0v) is 10.5. The number of rotatable bonds is 3. The molecule has 0 atom stereocenters. The first kappa shape index (κ1) is 13.3. The fourth-order valence-corrected chi connectivity index (χ4v) is 1.23. The lowest BCUT2D eigenvalue weighted by Gasteiger charge is -2.22. The van der Waals surface area contributed by atoms with Crippen LogP contribution in [0, 0.1) is 0 Å². The van der Waals surface area contributed by atoms with E-state index in [4.69, 9.17) is 9.15 Å². The molecular weight excluding hydrogens is 222 g/mol. The minimum absolute atomic E-state index is 0.100. The first-order chi connectivity index (χ1) is 7.79. The van der Waals surface area contributed by atoms with Crippen LogP contribution in [0.1, 0.15) is 31.3 Å². The van der Waals surface area contributed by atoms with Crippen LogP contribution in [0.25, 0.3) is 0 Å². The fourth-order valence-electron chi connectivity index (χ4n) is 1.23. The molecule has 0 saturated carbocycles. The number of furan rings is 1. The van der Waals surface area contributed by atoms with Gasteiger partial charge in [-0.2, -0.15) is 0 Å². The maximum Gasteiger partial charge on any atom is 0.326 e. The van der Waals surface area contributed by atoms with Crippen molar-refractivity contribution in [2.45, 2.75) is 26.4 Å². The van der Waals surface area contributed by atoms with E-state index < -0.39 is 11.6 Å². The molecule has 1 aromatic heterocycles. The van der Waals surface area contributed by atoms with Crippen molar-refractivity contribution in [2.75, 3.05) is 13.6 Å². The molecule has 0 fully saturated rings. The van der Waals surface area contributed by atoms with Crippen LogP contribution in [0.4, 0.5) is 0 Å². The molecule has 17 heavy (non-hydrogen) atoms. The van der Waals surface area contributed by atoms with Crippen LogP contribution in [0.15, 0.2) is 22.8 Å². The maximum atomic E-state index is 11.7. The molecule has 0 N–H and O–H groups in total. The topological polar surface area (TPSA) is 59.8 Å². The lowest BCUT2D eigenvalue weighted by Crippen LogP contribution is -2.36. The van der Waals surface area contributed by atoms with Gasteiger partial charge in [-0.3, -0.25) is 9.59 Å². The second-order valence-electron chi connectivity index (χ2n) is 4.72. The molecule has 0 aliphatic carbocycles. The van der Waals surface area contributed by atoms with Crippen LogP contribution in [0.2, 0.25) is 0 Å². The highest BCUT2D eigenvalue weighted by Gasteiger charge is 2.21. The Bertz CT molecular complexity index is 389. The molecule has 5 heteroatoms. The average molecular weight is 239 g/mol. The van der Waals surface area contributed by atoms with E-state index in [1.54, 1.807) is 32.9 Å². The van der Waals surface area contributed by atoms with Crippen molar-refractivity contribution < 1.29 is 18.7 Å². The van der Waals surface area contributed by atoms with Gasteiger partial charge in [-0.15, -0.1) is 0 Å². The minimum atomic E-state index is -0.550. The second-order valence-corrected chi connectivity index (χ2v) is 4.72. The SMILES string of the molecule is CN(CC(=O)OC(C)(C)C)C(=O)c1ccco1. The van der Waals surface area contributed by atoms with E-state index in [1.165, 1.54) is 18.2 Å². The Morgan fingerprint density at radius 3 is 2.53 bits per heavy atom. The molecular formula is C12H17NO4. The Labute approximate surface area is 100 Å². The molecule has 0 aliphatic rings. The molecule has 1 amide bonds. The molecule has 0 unspecified atom stereocenters. The van der Waals surface area contributed by atoms with Gasteiger partial charge in [0, 0.05) is 7.05 Å². The monoisotopic (exact) mass is 239 g/mol. The van der Waals surface area contributed by atoms with Crippen molar-refractivity contribution in [3.63, 3.8) is 0 Å². The van der Waals surface area contributed by atoms with Gasteiger partial charge in [-0.1, -0.05) is 0 Å². The van der Waals surface area contributed by atoms with Gasteiger partial charge in [0.1, 0.15) is 12.1 Å². The van der Waals surface area contributed by atoms with Gasteiger partial charge in [0.05, 0.1) is 6.26 Å². The summed E-state index contributed by atoms with van der Waals surface area (Å²) >= 11 is 0. The molecule has 94 valence electrons. The molecule has 0 spiro atoms. The van der Waals surface area contributed by atoms with Gasteiger partial charge in [0.15, 0.2) is 5.76 Å². The molecule has 0 aliphatic heterocycles. The maximum absolute atomic E-state index is 11.7. The highest BCUT2D eigenvalue weighted by Crippen LogP contribution is 2.08. The van der Waals surface area contributed by atoms with E-state index in [-0.39, 0.29) is 18.2 Å². The summed E-state index contributed by atoms with van der Waals surface area (Å²) in [5.74, 6) is -0.586. The van der Waals surface area contributed by atoms with E-state index in [0.717, 1.165) is 0 Å². The van der Waals surface area contributed by atoms with Gasteiger partial charge >= 0.3 is 5.97 Å². The average Bonchev–Trinajstić information content (AvgIpc) is 2.65. The van der Waals surface area contributed by atoms with Crippen molar-refractivity contribution >= 4 is 11.9 Å². The van der Waals surface area contributed by atoms with Crippen molar-refractivity contribution in [1.29, 1.82) is 0 Å². The van der Waals surface area contributed by atoms with Crippen molar-refractivity contribution in [2.24, 2.45) is 0 Å². The molecule has 5 nitrogen and oxygen atoms in total. The molecule has 1 aromatic rings. The van der Waals surface area contributed by atoms with Crippen molar-refractivity contribution in [3.05, 3.63) is 24.2 Å². The van der Waals surface area contributed by atoms with Gasteiger partial charge < -0.3 is 14.1 Å². The summed E-state index contributed by atoms with van der Waals surface area (Å²) in [6.07, 6.45) is 1.41. The van der Waals surface area contributed by atoms with E-state index >= 15 is 0 Å². The zero-order valence-electron chi connectivity index (χ0n) is 10.5. The molecule has 0 bridgehead atoms. The number of amides is 1. The lowest BCUT2D eigenvalue weighted by molar-refractivity contribution is -0.155. The molecule has 1 rings (SSSR count). The number of carbonyl (C=O) groups excluding carboxylic acids is 2. The lowest BCUT2D eigenvalue weighted by atomic mass is 10.2. The predicted octanol–water partition coefficient (Wildman–Crippen LogP) is 1.69. The smallest absolute Gasteiger partial charge is 0.326 e. The van der Waals surface area contributed by atoms with Crippen LogP contribution in [-0.4, -0.2) is 36.0 Å². The van der Waals surface area contributed by atoms with Gasteiger partial charge in [-0.25, -0.2) is 0 Å². The van der Waals surface area contributed by atoms with Gasteiger partial charge in [0.25, 0.3) is 5.91 Å². The second kappa shape index (κ2) is 5.03. The number of esters is 1. The number of hydrogen-bond acceptors (Lipinski definition) is 4. The van der Waals surface area contributed by atoms with E-state index in [9.17, 15) is 9.59 Å². The van der Waals surface area contributed by atoms with Gasteiger partial charge in [0.2, 0.25) is 0 Å². The van der Waals surface area contributed by atoms with Crippen LogP contribution in [0.3, 0.4) is 0 Å². The quantitative estimate of drug-likeness (QED) is 0.753. The summed E-state index contributed by atoms with van der Waals surface area (Å²) in [6.45, 7) is 5.23. The summed E-state index contributed by atoms with van der Waals surface area (Å²) in [5, 5.41) is 0. The number of likely N-dealkylation sites (N-methyl/N-ethyl adjacent to an activating group) is 1. The van der Waals surface area contributed by atoms with E-state index in [0.29, 0.717) is 0 Å². The summed E-state index contributed by atoms with van der Waals surface area (Å²) in [5.41, 5.74) is -0.550. The largest absolute Gasteiger partial charge is 0.459 e. The molecule has 0 saturated heterocycles. The first-order valence-corrected chi connectivity index (χ1v) is 5.30. The third kappa shape index (κ3) is 4.30. The van der Waals surface area contributed by atoms with Crippen LogP contribution in [0.5, 0.6) is 0 Å². The number of nitrogens with zero attached hydrogens (tertiary/aromatic N) is 1. The van der Waals surface area contributed by atoms with E-state index in [1.807, 2.05) is 0 Å². The summed E-state index contributed by atoms with van der Waals surface area (Å²) in [4.78, 5) is 24.5. The molecule has 1 heterocycles. The Hall–Kier alpha value is -1.78. The highest BCUT2D eigenvalue weighted by molar-refractivity contribution is 5.93. The Kier molecular flexibility index (Phi) is 3.93. The minimum Gasteiger partial charge on any atom is -0.459 e. The summed E-state index contributed by atoms with van der Waals surface area (Å²) in [6, 6.07) is 3.17.